The SMILES string of the molecule is CC/C=C\C/C=C\C/C=C\CCCCCCCCCC(=O)OC(COC(=O)CCCCCCCCCCCCC)COC(=O)CCCCCCCCCCCCCCCCCCCCCCCCCCCCCCC. The molecule has 0 aromatic carbocycles. The average molecular weight is 1050 g/mol. The molecule has 0 aromatic rings. The number of allylic oxidation sites excluding steroid dienone is 6. The molecule has 0 rings (SSSR count). The van der Waals surface area contributed by atoms with E-state index in [4.69, 9.17) is 14.2 Å². The predicted octanol–water partition coefficient (Wildman–Crippen LogP) is 22.8. The van der Waals surface area contributed by atoms with E-state index in [-0.39, 0.29) is 31.1 Å². The van der Waals surface area contributed by atoms with Crippen LogP contribution in [0.1, 0.15) is 367 Å². The monoisotopic (exact) mass is 1050 g/mol. The Balaban J connectivity index is 4.12. The topological polar surface area (TPSA) is 78.9 Å². The van der Waals surface area contributed by atoms with E-state index in [1.807, 2.05) is 0 Å². The highest BCUT2D eigenvalue weighted by molar-refractivity contribution is 5.71. The molecule has 6 nitrogen and oxygen atoms in total. The van der Waals surface area contributed by atoms with Crippen molar-refractivity contribution in [2.75, 3.05) is 13.2 Å². The molecule has 0 saturated carbocycles. The van der Waals surface area contributed by atoms with E-state index in [0.29, 0.717) is 19.3 Å². The molecule has 0 bridgehead atoms. The first-order valence-electron chi connectivity index (χ1n) is 33.5. The molecule has 0 N–H and O–H groups in total. The second-order valence-corrected chi connectivity index (χ2v) is 22.7. The van der Waals surface area contributed by atoms with Crippen LogP contribution in [-0.4, -0.2) is 37.2 Å². The van der Waals surface area contributed by atoms with Crippen molar-refractivity contribution in [2.24, 2.45) is 0 Å². The Morgan fingerprint density at radius 2 is 0.520 bits per heavy atom. The van der Waals surface area contributed by atoms with Crippen LogP contribution in [0.2, 0.25) is 0 Å². The molecule has 0 aliphatic heterocycles. The lowest BCUT2D eigenvalue weighted by molar-refractivity contribution is -0.167. The molecule has 0 fully saturated rings. The Bertz CT molecular complexity index is 1250. The zero-order valence-corrected chi connectivity index (χ0v) is 50.6. The fourth-order valence-electron chi connectivity index (χ4n) is 10.2. The van der Waals surface area contributed by atoms with Gasteiger partial charge in [0.2, 0.25) is 0 Å². The highest BCUT2D eigenvalue weighted by Gasteiger charge is 2.19. The van der Waals surface area contributed by atoms with Gasteiger partial charge in [0.05, 0.1) is 0 Å². The molecule has 0 radical (unpaired) electrons. The van der Waals surface area contributed by atoms with Crippen molar-refractivity contribution in [1.29, 1.82) is 0 Å². The van der Waals surface area contributed by atoms with Gasteiger partial charge in [0, 0.05) is 19.3 Å². The molecule has 0 aliphatic carbocycles. The molecule has 0 heterocycles. The third-order valence-corrected chi connectivity index (χ3v) is 15.2. The third kappa shape index (κ3) is 62.4. The van der Waals surface area contributed by atoms with Crippen LogP contribution in [0.25, 0.3) is 0 Å². The summed E-state index contributed by atoms with van der Waals surface area (Å²) >= 11 is 0. The maximum absolute atomic E-state index is 12.9. The second-order valence-electron chi connectivity index (χ2n) is 22.7. The molecular formula is C69H128O6. The summed E-state index contributed by atoms with van der Waals surface area (Å²) in [7, 11) is 0. The van der Waals surface area contributed by atoms with E-state index in [0.717, 1.165) is 83.5 Å². The van der Waals surface area contributed by atoms with Gasteiger partial charge >= 0.3 is 17.9 Å². The van der Waals surface area contributed by atoms with Gasteiger partial charge in [-0.25, -0.2) is 0 Å². The van der Waals surface area contributed by atoms with E-state index in [9.17, 15) is 14.4 Å². The zero-order valence-electron chi connectivity index (χ0n) is 50.6. The van der Waals surface area contributed by atoms with Gasteiger partial charge in [0.25, 0.3) is 0 Å². The quantitative estimate of drug-likeness (QED) is 0.0261. The molecule has 6 heteroatoms. The van der Waals surface area contributed by atoms with Crippen LogP contribution >= 0.6 is 0 Å². The molecule has 1 atom stereocenters. The number of hydrogen-bond donors (Lipinski definition) is 0. The van der Waals surface area contributed by atoms with E-state index in [1.165, 1.54) is 244 Å². The molecule has 0 amide bonds. The molecular weight excluding hydrogens is 925 g/mol. The number of rotatable bonds is 62. The lowest BCUT2D eigenvalue weighted by atomic mass is 10.0. The number of unbranched alkanes of at least 4 members (excludes halogenated alkanes) is 45. The highest BCUT2D eigenvalue weighted by atomic mass is 16.6. The lowest BCUT2D eigenvalue weighted by Crippen LogP contribution is -2.30. The average Bonchev–Trinajstić information content (AvgIpc) is 3.41. The van der Waals surface area contributed by atoms with Crippen LogP contribution in [0.4, 0.5) is 0 Å². The fraction of sp³-hybridized carbons (Fsp3) is 0.870. The Morgan fingerprint density at radius 3 is 0.813 bits per heavy atom. The molecule has 1 unspecified atom stereocenters. The summed E-state index contributed by atoms with van der Waals surface area (Å²) in [4.78, 5) is 38.2. The summed E-state index contributed by atoms with van der Waals surface area (Å²) in [6, 6.07) is 0. The van der Waals surface area contributed by atoms with E-state index in [2.05, 4.69) is 57.2 Å². The first-order chi connectivity index (χ1) is 37.0. The second kappa shape index (κ2) is 64.2. The summed E-state index contributed by atoms with van der Waals surface area (Å²) in [5, 5.41) is 0. The number of hydrogen-bond acceptors (Lipinski definition) is 6. The highest BCUT2D eigenvalue weighted by Crippen LogP contribution is 2.18. The van der Waals surface area contributed by atoms with Gasteiger partial charge in [-0.05, 0) is 51.4 Å². The molecule has 75 heavy (non-hydrogen) atoms. The molecule has 0 spiro atoms. The number of esters is 3. The van der Waals surface area contributed by atoms with Crippen LogP contribution in [0, 0.1) is 0 Å². The van der Waals surface area contributed by atoms with Gasteiger partial charge in [-0.3, -0.25) is 14.4 Å². The Kier molecular flexibility index (Phi) is 62.1. The Hall–Kier alpha value is -2.37. The van der Waals surface area contributed by atoms with E-state index >= 15 is 0 Å². The normalized spacial score (nSPS) is 12.2. The predicted molar refractivity (Wildman–Crippen MR) is 326 cm³/mol. The summed E-state index contributed by atoms with van der Waals surface area (Å²) < 4.78 is 16.9. The Labute approximate surface area is 467 Å². The van der Waals surface area contributed by atoms with E-state index in [1.54, 1.807) is 0 Å². The largest absolute Gasteiger partial charge is 0.462 e. The number of ether oxygens (including phenoxy) is 3. The standard InChI is InChI=1S/C69H128O6/c1-4-7-10-13-16-19-22-24-26-28-29-30-31-32-33-34-35-36-37-38-39-41-42-44-47-50-53-56-59-62-68(71)74-65-66(64-73-67(70)61-58-55-52-49-46-21-18-15-12-9-6-3)75-69(72)63-60-57-54-51-48-45-43-40-27-25-23-20-17-14-11-8-5-2/h8,11,17,20,25,27,66H,4-7,9-10,12-16,18-19,21-24,26,28-65H2,1-3H3/b11-8-,20-17-,27-25-. The summed E-state index contributed by atoms with van der Waals surface area (Å²) in [6.07, 6.45) is 78.9. The van der Waals surface area contributed by atoms with Gasteiger partial charge in [0.15, 0.2) is 6.10 Å². The van der Waals surface area contributed by atoms with Crippen molar-refractivity contribution in [2.45, 2.75) is 374 Å². The summed E-state index contributed by atoms with van der Waals surface area (Å²) in [6.45, 7) is 6.58. The van der Waals surface area contributed by atoms with Crippen LogP contribution in [0.5, 0.6) is 0 Å². The lowest BCUT2D eigenvalue weighted by Gasteiger charge is -2.18. The van der Waals surface area contributed by atoms with Crippen molar-refractivity contribution in [1.82, 2.24) is 0 Å². The van der Waals surface area contributed by atoms with Crippen molar-refractivity contribution in [3.8, 4) is 0 Å². The zero-order chi connectivity index (χ0) is 54.3. The molecule has 0 aliphatic rings. The van der Waals surface area contributed by atoms with Crippen LogP contribution in [0.3, 0.4) is 0 Å². The van der Waals surface area contributed by atoms with Gasteiger partial charge in [-0.2, -0.15) is 0 Å². The maximum Gasteiger partial charge on any atom is 0.306 e. The van der Waals surface area contributed by atoms with Gasteiger partial charge in [-0.1, -0.05) is 333 Å². The minimum Gasteiger partial charge on any atom is -0.462 e. The van der Waals surface area contributed by atoms with Crippen molar-refractivity contribution in [3.05, 3.63) is 36.5 Å². The molecule has 0 saturated heterocycles. The molecule has 0 aromatic heterocycles. The van der Waals surface area contributed by atoms with Crippen molar-refractivity contribution in [3.63, 3.8) is 0 Å². The maximum atomic E-state index is 12.9. The Morgan fingerprint density at radius 1 is 0.280 bits per heavy atom. The first-order valence-corrected chi connectivity index (χ1v) is 33.5. The minimum absolute atomic E-state index is 0.0710. The summed E-state index contributed by atoms with van der Waals surface area (Å²) in [5.74, 6) is -0.858. The van der Waals surface area contributed by atoms with Crippen LogP contribution in [0.15, 0.2) is 36.5 Å². The smallest absolute Gasteiger partial charge is 0.306 e. The van der Waals surface area contributed by atoms with Crippen LogP contribution in [-0.2, 0) is 28.6 Å². The number of carbonyl (C=O) groups excluding carboxylic acids is 3. The van der Waals surface area contributed by atoms with Crippen molar-refractivity contribution >= 4 is 17.9 Å². The van der Waals surface area contributed by atoms with Gasteiger partial charge in [-0.15, -0.1) is 0 Å². The first kappa shape index (κ1) is 72.6. The minimum atomic E-state index is -0.774. The number of carbonyl (C=O) groups is 3. The van der Waals surface area contributed by atoms with Crippen LogP contribution < -0.4 is 0 Å². The van der Waals surface area contributed by atoms with Gasteiger partial charge < -0.3 is 14.2 Å². The molecule has 440 valence electrons. The van der Waals surface area contributed by atoms with E-state index < -0.39 is 6.10 Å². The fourth-order valence-corrected chi connectivity index (χ4v) is 10.2. The summed E-state index contributed by atoms with van der Waals surface area (Å²) in [5.41, 5.74) is 0. The van der Waals surface area contributed by atoms with Crippen molar-refractivity contribution < 1.29 is 28.6 Å². The third-order valence-electron chi connectivity index (χ3n) is 15.2. The van der Waals surface area contributed by atoms with Gasteiger partial charge in [0.1, 0.15) is 13.2 Å².